The van der Waals surface area contributed by atoms with Gasteiger partial charge in [0.15, 0.2) is 0 Å². The third kappa shape index (κ3) is 5.70. The minimum Gasteiger partial charge on any atom is -0.352 e. The van der Waals surface area contributed by atoms with Crippen LogP contribution < -0.4 is 5.73 Å². The molecule has 0 aliphatic carbocycles. The molecule has 0 aromatic rings. The minimum absolute atomic E-state index is 0.463. The molecule has 1 atom stereocenters. The lowest BCUT2D eigenvalue weighted by molar-refractivity contribution is -0.397. The molecule has 0 aliphatic heterocycles. The molecule has 0 bridgehead atoms. The normalized spacial score (nSPS) is 13.1. The summed E-state index contributed by atoms with van der Waals surface area (Å²) in [6, 6.07) is 0.463. The fraction of sp³-hybridized carbons (Fsp3) is 0.667. The van der Waals surface area contributed by atoms with Crippen LogP contribution in [0, 0.1) is 0 Å². The SMILES string of the molecule is CC(C)=CC(C)[NH3+]. The molecule has 1 nitrogen and oxygen atoms in total. The van der Waals surface area contributed by atoms with E-state index in [0.717, 1.165) is 0 Å². The van der Waals surface area contributed by atoms with E-state index >= 15 is 0 Å². The first-order valence-electron chi connectivity index (χ1n) is 2.61. The van der Waals surface area contributed by atoms with Crippen molar-refractivity contribution in [3.05, 3.63) is 11.6 Å². The molecular formula is C6H14N+. The molecule has 0 saturated carbocycles. The maximum atomic E-state index is 3.80. The molecule has 1 unspecified atom stereocenters. The van der Waals surface area contributed by atoms with Crippen LogP contribution in [0.25, 0.3) is 0 Å². The molecule has 0 spiro atoms. The summed E-state index contributed by atoms with van der Waals surface area (Å²) in [7, 11) is 0. The maximum Gasteiger partial charge on any atom is 0.100 e. The Morgan fingerprint density at radius 3 is 2.00 bits per heavy atom. The van der Waals surface area contributed by atoms with E-state index < -0.39 is 0 Å². The molecule has 0 aliphatic rings. The van der Waals surface area contributed by atoms with Crippen LogP contribution in [0.2, 0.25) is 0 Å². The number of quaternary nitrogens is 1. The Hall–Kier alpha value is -0.300. The van der Waals surface area contributed by atoms with E-state index in [4.69, 9.17) is 0 Å². The van der Waals surface area contributed by atoms with E-state index in [1.165, 1.54) is 5.57 Å². The third-order valence-electron chi connectivity index (χ3n) is 0.618. The van der Waals surface area contributed by atoms with Crippen LogP contribution in [0.5, 0.6) is 0 Å². The molecular weight excluding hydrogens is 86.1 g/mol. The highest BCUT2D eigenvalue weighted by Gasteiger charge is 1.86. The van der Waals surface area contributed by atoms with Gasteiger partial charge in [-0.1, -0.05) is 5.57 Å². The second kappa shape index (κ2) is 2.80. The second-order valence-electron chi connectivity index (χ2n) is 2.22. The molecule has 1 heteroatoms. The molecule has 42 valence electrons. The predicted octanol–water partition coefficient (Wildman–Crippen LogP) is 0.583. The van der Waals surface area contributed by atoms with E-state index in [-0.39, 0.29) is 0 Å². The molecule has 0 fully saturated rings. The molecule has 0 aromatic heterocycles. The van der Waals surface area contributed by atoms with E-state index in [0.29, 0.717) is 6.04 Å². The number of allylic oxidation sites excluding steroid dienone is 1. The van der Waals surface area contributed by atoms with Crippen molar-refractivity contribution in [1.82, 2.24) is 0 Å². The molecule has 7 heavy (non-hydrogen) atoms. The fourth-order valence-corrected chi connectivity index (χ4v) is 0.569. The minimum atomic E-state index is 0.463. The summed E-state index contributed by atoms with van der Waals surface area (Å²) in [6.45, 7) is 6.25. The number of hydrogen-bond acceptors (Lipinski definition) is 0. The second-order valence-corrected chi connectivity index (χ2v) is 2.22. The van der Waals surface area contributed by atoms with Gasteiger partial charge >= 0.3 is 0 Å². The number of rotatable bonds is 1. The lowest BCUT2D eigenvalue weighted by Gasteiger charge is -1.90. The Bertz CT molecular complexity index is 68.2. The van der Waals surface area contributed by atoms with Crippen LogP contribution in [0.1, 0.15) is 20.8 Å². The van der Waals surface area contributed by atoms with Crippen molar-refractivity contribution in [3.8, 4) is 0 Å². The van der Waals surface area contributed by atoms with Crippen molar-refractivity contribution in [1.29, 1.82) is 0 Å². The van der Waals surface area contributed by atoms with Crippen molar-refractivity contribution < 1.29 is 5.73 Å². The van der Waals surface area contributed by atoms with E-state index in [1.54, 1.807) is 0 Å². The van der Waals surface area contributed by atoms with Gasteiger partial charge in [0.25, 0.3) is 0 Å². The van der Waals surface area contributed by atoms with Crippen LogP contribution in [0.3, 0.4) is 0 Å². The van der Waals surface area contributed by atoms with Gasteiger partial charge in [-0.05, 0) is 26.8 Å². The van der Waals surface area contributed by atoms with Gasteiger partial charge in [-0.15, -0.1) is 0 Å². The highest BCUT2D eigenvalue weighted by Crippen LogP contribution is 1.87. The highest BCUT2D eigenvalue weighted by atomic mass is 14.6. The largest absolute Gasteiger partial charge is 0.352 e. The van der Waals surface area contributed by atoms with E-state index in [1.807, 2.05) is 0 Å². The van der Waals surface area contributed by atoms with E-state index in [2.05, 4.69) is 32.6 Å². The van der Waals surface area contributed by atoms with Gasteiger partial charge in [0, 0.05) is 0 Å². The molecule has 0 heterocycles. The smallest absolute Gasteiger partial charge is 0.100 e. The van der Waals surface area contributed by atoms with Crippen LogP contribution >= 0.6 is 0 Å². The molecule has 0 radical (unpaired) electrons. The van der Waals surface area contributed by atoms with Gasteiger partial charge in [0.05, 0.1) is 0 Å². The number of hydrogen-bond donors (Lipinski definition) is 1. The van der Waals surface area contributed by atoms with Gasteiger partial charge in [-0.2, -0.15) is 0 Å². The zero-order valence-electron chi connectivity index (χ0n) is 5.36. The standard InChI is InChI=1S/C6H13N/c1-5(2)4-6(3)7/h4,6H,7H2,1-3H3/p+1. The van der Waals surface area contributed by atoms with Crippen LogP contribution in [-0.2, 0) is 0 Å². The summed E-state index contributed by atoms with van der Waals surface area (Å²) in [6.07, 6.45) is 2.14. The van der Waals surface area contributed by atoms with Gasteiger partial charge < -0.3 is 5.73 Å². The Balaban J connectivity index is 3.45. The predicted molar refractivity (Wildman–Crippen MR) is 31.8 cm³/mol. The molecule has 0 rings (SSSR count). The van der Waals surface area contributed by atoms with E-state index in [9.17, 15) is 0 Å². The van der Waals surface area contributed by atoms with Crippen molar-refractivity contribution in [2.75, 3.05) is 0 Å². The van der Waals surface area contributed by atoms with Gasteiger partial charge in [0.1, 0.15) is 6.04 Å². The van der Waals surface area contributed by atoms with Gasteiger partial charge in [0.2, 0.25) is 0 Å². The Labute approximate surface area is 45.2 Å². The summed E-state index contributed by atoms with van der Waals surface area (Å²) in [5.74, 6) is 0. The Morgan fingerprint density at radius 1 is 1.57 bits per heavy atom. The van der Waals surface area contributed by atoms with Crippen molar-refractivity contribution in [2.45, 2.75) is 26.8 Å². The first kappa shape index (κ1) is 6.70. The maximum absolute atomic E-state index is 3.80. The van der Waals surface area contributed by atoms with Crippen molar-refractivity contribution in [2.24, 2.45) is 0 Å². The summed E-state index contributed by atoms with van der Waals surface area (Å²) in [5, 5.41) is 0. The first-order chi connectivity index (χ1) is 3.13. The quantitative estimate of drug-likeness (QED) is 0.467. The monoisotopic (exact) mass is 100 g/mol. The van der Waals surface area contributed by atoms with Crippen LogP contribution in [-0.4, -0.2) is 6.04 Å². The average molecular weight is 100 g/mol. The van der Waals surface area contributed by atoms with Crippen molar-refractivity contribution >= 4 is 0 Å². The molecule has 0 aromatic carbocycles. The summed E-state index contributed by atoms with van der Waals surface area (Å²) in [4.78, 5) is 0. The lowest BCUT2D eigenvalue weighted by atomic mass is 10.2. The Morgan fingerprint density at radius 2 is 2.00 bits per heavy atom. The third-order valence-corrected chi connectivity index (χ3v) is 0.618. The van der Waals surface area contributed by atoms with Crippen LogP contribution in [0.15, 0.2) is 11.6 Å². The highest BCUT2D eigenvalue weighted by molar-refractivity contribution is 4.95. The zero-order valence-corrected chi connectivity index (χ0v) is 5.36. The Kier molecular flexibility index (Phi) is 2.68. The fourth-order valence-electron chi connectivity index (χ4n) is 0.569. The van der Waals surface area contributed by atoms with Gasteiger partial charge in [-0.25, -0.2) is 0 Å². The average Bonchev–Trinajstić information content (AvgIpc) is 1.27. The topological polar surface area (TPSA) is 27.6 Å². The molecule has 3 N–H and O–H groups in total. The first-order valence-corrected chi connectivity index (χ1v) is 2.61. The van der Waals surface area contributed by atoms with Crippen LogP contribution in [0.4, 0.5) is 0 Å². The lowest BCUT2D eigenvalue weighted by Crippen LogP contribution is -2.57. The molecule has 0 amide bonds. The summed E-state index contributed by atoms with van der Waals surface area (Å²) in [5.41, 5.74) is 5.15. The summed E-state index contributed by atoms with van der Waals surface area (Å²) >= 11 is 0. The molecule has 0 saturated heterocycles. The van der Waals surface area contributed by atoms with Crippen molar-refractivity contribution in [3.63, 3.8) is 0 Å². The zero-order chi connectivity index (χ0) is 5.86. The summed E-state index contributed by atoms with van der Waals surface area (Å²) < 4.78 is 0. The van der Waals surface area contributed by atoms with Gasteiger partial charge in [-0.3, -0.25) is 0 Å².